The van der Waals surface area contributed by atoms with Crippen LogP contribution in [0, 0.1) is 11.3 Å². The molecular formula is C15H18N2O2. The van der Waals surface area contributed by atoms with Crippen molar-refractivity contribution in [3.8, 4) is 6.07 Å². The van der Waals surface area contributed by atoms with E-state index in [2.05, 4.69) is 15.8 Å². The molecule has 1 aromatic rings. The van der Waals surface area contributed by atoms with Crippen LogP contribution in [0.2, 0.25) is 0 Å². The average molecular weight is 258 g/mol. The zero-order valence-corrected chi connectivity index (χ0v) is 11.1. The third-order valence-corrected chi connectivity index (χ3v) is 2.78. The lowest BCUT2D eigenvalue weighted by Crippen LogP contribution is -1.99. The van der Waals surface area contributed by atoms with Crippen LogP contribution in [0.25, 0.3) is 0 Å². The number of aromatic nitrogens is 1. The van der Waals surface area contributed by atoms with Gasteiger partial charge >= 0.3 is 5.97 Å². The van der Waals surface area contributed by atoms with Gasteiger partial charge < -0.3 is 4.74 Å². The molecule has 4 heteroatoms. The topological polar surface area (TPSA) is 63.0 Å². The number of nitriles is 1. The highest BCUT2D eigenvalue weighted by Gasteiger charge is 2.03. The van der Waals surface area contributed by atoms with Crippen molar-refractivity contribution in [1.29, 1.82) is 5.26 Å². The van der Waals surface area contributed by atoms with Crippen LogP contribution < -0.4 is 0 Å². The molecular weight excluding hydrogens is 240 g/mol. The van der Waals surface area contributed by atoms with Crippen molar-refractivity contribution < 1.29 is 9.53 Å². The molecule has 0 fully saturated rings. The van der Waals surface area contributed by atoms with Crippen LogP contribution in [0.4, 0.5) is 0 Å². The number of esters is 1. The van der Waals surface area contributed by atoms with Crippen molar-refractivity contribution in [1.82, 2.24) is 4.98 Å². The number of unbranched alkanes of at least 4 members (excludes halogenated alkanes) is 1. The minimum atomic E-state index is -0.182. The van der Waals surface area contributed by atoms with E-state index in [0.717, 1.165) is 36.8 Å². The summed E-state index contributed by atoms with van der Waals surface area (Å²) in [5.41, 5.74) is 2.16. The fraction of sp³-hybridized carbons (Fsp3) is 0.400. The van der Waals surface area contributed by atoms with Gasteiger partial charge in [-0.3, -0.25) is 9.78 Å². The van der Waals surface area contributed by atoms with Crippen molar-refractivity contribution in [3.63, 3.8) is 0 Å². The van der Waals surface area contributed by atoms with Crippen molar-refractivity contribution in [2.45, 2.75) is 32.1 Å². The first-order chi connectivity index (χ1) is 9.26. The van der Waals surface area contributed by atoms with Crippen molar-refractivity contribution >= 4 is 5.97 Å². The third kappa shape index (κ3) is 6.37. The summed E-state index contributed by atoms with van der Waals surface area (Å²) in [6.45, 7) is 0. The molecule has 0 aromatic carbocycles. The highest BCUT2D eigenvalue weighted by molar-refractivity contribution is 5.68. The summed E-state index contributed by atoms with van der Waals surface area (Å²) in [7, 11) is 1.39. The molecule has 0 unspecified atom stereocenters. The first kappa shape index (κ1) is 14.9. The predicted molar refractivity (Wildman–Crippen MR) is 72.1 cm³/mol. The normalized spacial score (nSPS) is 10.8. The van der Waals surface area contributed by atoms with Crippen LogP contribution in [0.5, 0.6) is 0 Å². The largest absolute Gasteiger partial charge is 0.469 e. The maximum Gasteiger partial charge on any atom is 0.305 e. The average Bonchev–Trinajstić information content (AvgIpc) is 2.44. The summed E-state index contributed by atoms with van der Waals surface area (Å²) in [6, 6.07) is 5.95. The standard InChI is InChI=1S/C15H18N2O2/c1-19-15(18)7-3-2-5-13(8-9-16)11-14-6-4-10-17-12-14/h4,6,8,10,12H,2-3,5,7,11H2,1H3/b13-8+. The molecule has 1 aromatic heterocycles. The van der Waals surface area contributed by atoms with E-state index in [1.54, 1.807) is 18.5 Å². The lowest BCUT2D eigenvalue weighted by molar-refractivity contribution is -0.140. The maximum atomic E-state index is 11.0. The molecule has 0 spiro atoms. The molecule has 1 heterocycles. The van der Waals surface area contributed by atoms with Gasteiger partial charge in [0.25, 0.3) is 0 Å². The highest BCUT2D eigenvalue weighted by atomic mass is 16.5. The Morgan fingerprint density at radius 3 is 2.89 bits per heavy atom. The van der Waals surface area contributed by atoms with Crippen molar-refractivity contribution in [2.24, 2.45) is 0 Å². The van der Waals surface area contributed by atoms with Gasteiger partial charge in [-0.2, -0.15) is 5.26 Å². The van der Waals surface area contributed by atoms with Crippen LogP contribution in [-0.4, -0.2) is 18.1 Å². The van der Waals surface area contributed by atoms with E-state index in [9.17, 15) is 4.79 Å². The second kappa shape index (κ2) is 8.87. The quantitative estimate of drug-likeness (QED) is 0.428. The number of nitrogens with zero attached hydrogens (tertiary/aromatic N) is 2. The molecule has 100 valence electrons. The van der Waals surface area contributed by atoms with E-state index in [-0.39, 0.29) is 5.97 Å². The Bertz CT molecular complexity index is 461. The Balaban J connectivity index is 2.40. The number of rotatable bonds is 7. The molecule has 0 N–H and O–H groups in total. The molecule has 1 rings (SSSR count). The monoisotopic (exact) mass is 258 g/mol. The second-order valence-corrected chi connectivity index (χ2v) is 4.25. The number of methoxy groups -OCH3 is 1. The van der Waals surface area contributed by atoms with Gasteiger partial charge in [-0.25, -0.2) is 0 Å². The fourth-order valence-electron chi connectivity index (χ4n) is 1.79. The summed E-state index contributed by atoms with van der Waals surface area (Å²) < 4.78 is 4.59. The lowest BCUT2D eigenvalue weighted by Gasteiger charge is -2.06. The molecule has 0 radical (unpaired) electrons. The number of allylic oxidation sites excluding steroid dienone is 2. The summed E-state index contributed by atoms with van der Waals surface area (Å²) in [5.74, 6) is -0.182. The van der Waals surface area contributed by atoms with Crippen LogP contribution in [0.3, 0.4) is 0 Å². The zero-order chi connectivity index (χ0) is 13.9. The molecule has 0 aliphatic rings. The Kier molecular flexibility index (Phi) is 6.96. The van der Waals surface area contributed by atoms with Gasteiger partial charge in [-0.05, 0) is 37.3 Å². The molecule has 0 bridgehead atoms. The summed E-state index contributed by atoms with van der Waals surface area (Å²) in [4.78, 5) is 15.0. The fourth-order valence-corrected chi connectivity index (χ4v) is 1.79. The molecule has 0 aliphatic heterocycles. The Hall–Kier alpha value is -2.15. The molecule has 0 saturated carbocycles. The van der Waals surface area contributed by atoms with E-state index in [1.807, 2.05) is 12.1 Å². The third-order valence-electron chi connectivity index (χ3n) is 2.78. The first-order valence-corrected chi connectivity index (χ1v) is 6.29. The van der Waals surface area contributed by atoms with Gasteiger partial charge in [0, 0.05) is 24.9 Å². The molecule has 19 heavy (non-hydrogen) atoms. The smallest absolute Gasteiger partial charge is 0.305 e. The van der Waals surface area contributed by atoms with Crippen molar-refractivity contribution in [3.05, 3.63) is 41.7 Å². The van der Waals surface area contributed by atoms with Crippen LogP contribution in [0.15, 0.2) is 36.2 Å². The van der Waals surface area contributed by atoms with Crippen LogP contribution in [-0.2, 0) is 16.0 Å². The second-order valence-electron chi connectivity index (χ2n) is 4.25. The highest BCUT2D eigenvalue weighted by Crippen LogP contribution is 2.14. The van der Waals surface area contributed by atoms with Crippen molar-refractivity contribution in [2.75, 3.05) is 7.11 Å². The van der Waals surface area contributed by atoms with Gasteiger partial charge in [0.1, 0.15) is 0 Å². The minimum absolute atomic E-state index is 0.182. The van der Waals surface area contributed by atoms with Gasteiger partial charge in [-0.1, -0.05) is 11.6 Å². The summed E-state index contributed by atoms with van der Waals surface area (Å²) in [6.07, 6.45) is 8.77. The Morgan fingerprint density at radius 2 is 2.26 bits per heavy atom. The number of pyridine rings is 1. The van der Waals surface area contributed by atoms with E-state index in [1.165, 1.54) is 7.11 Å². The number of carbonyl (C=O) groups is 1. The predicted octanol–water partition coefficient (Wildman–Crippen LogP) is 2.81. The first-order valence-electron chi connectivity index (χ1n) is 6.29. The molecule has 4 nitrogen and oxygen atoms in total. The summed E-state index contributed by atoms with van der Waals surface area (Å²) >= 11 is 0. The number of hydrogen-bond acceptors (Lipinski definition) is 4. The van der Waals surface area contributed by atoms with E-state index >= 15 is 0 Å². The van der Waals surface area contributed by atoms with E-state index in [0.29, 0.717) is 6.42 Å². The van der Waals surface area contributed by atoms with Gasteiger partial charge in [-0.15, -0.1) is 0 Å². The number of carbonyl (C=O) groups excluding carboxylic acids is 1. The Morgan fingerprint density at radius 1 is 1.47 bits per heavy atom. The minimum Gasteiger partial charge on any atom is -0.469 e. The zero-order valence-electron chi connectivity index (χ0n) is 11.1. The van der Waals surface area contributed by atoms with E-state index < -0.39 is 0 Å². The van der Waals surface area contributed by atoms with Gasteiger partial charge in [0.2, 0.25) is 0 Å². The number of ether oxygens (including phenoxy) is 1. The lowest BCUT2D eigenvalue weighted by atomic mass is 10.0. The molecule has 0 aliphatic carbocycles. The SMILES string of the molecule is COC(=O)CCCC/C(=C\C#N)Cc1cccnc1. The van der Waals surface area contributed by atoms with Gasteiger partial charge in [0.05, 0.1) is 13.2 Å². The maximum absolute atomic E-state index is 11.0. The Labute approximate surface area is 113 Å². The number of hydrogen-bond donors (Lipinski definition) is 0. The van der Waals surface area contributed by atoms with Crippen LogP contribution >= 0.6 is 0 Å². The molecule has 0 atom stereocenters. The van der Waals surface area contributed by atoms with E-state index in [4.69, 9.17) is 5.26 Å². The van der Waals surface area contributed by atoms with Gasteiger partial charge in [0.15, 0.2) is 0 Å². The summed E-state index contributed by atoms with van der Waals surface area (Å²) in [5, 5.41) is 8.78. The van der Waals surface area contributed by atoms with Crippen LogP contribution in [0.1, 0.15) is 31.2 Å². The molecule has 0 saturated heterocycles. The molecule has 0 amide bonds.